The molecule has 1 atom stereocenters. The van der Waals surface area contributed by atoms with Crippen molar-refractivity contribution in [3.05, 3.63) is 74.5 Å². The Morgan fingerprint density at radius 2 is 2.00 bits per heavy atom. The van der Waals surface area contributed by atoms with Gasteiger partial charge < -0.3 is 19.7 Å². The Kier molecular flexibility index (Phi) is 6.43. The standard InChI is InChI=1S/C23H22ClN3O4S/c1-3-31-18-10-14(6-9-17(18)28)16-11-19(29)25-21-20(16)22(30)26-23(27(21)2)32-12-13-4-7-15(24)8-5-13/h4-10,16,28H,3,11-12H2,1-2H3,(H,25,29)/t16-/m1/s1. The lowest BCUT2D eigenvalue weighted by Gasteiger charge is -2.27. The van der Waals surface area contributed by atoms with E-state index in [2.05, 4.69) is 10.3 Å². The smallest absolute Gasteiger partial charge is 0.279 e. The molecule has 1 aliphatic rings. The maximum absolute atomic E-state index is 13.1. The second kappa shape index (κ2) is 9.26. The number of rotatable bonds is 6. The number of amides is 1. The van der Waals surface area contributed by atoms with Crippen LogP contribution in [0.25, 0.3) is 0 Å². The van der Waals surface area contributed by atoms with Crippen LogP contribution in [0.3, 0.4) is 0 Å². The van der Waals surface area contributed by atoms with Crippen molar-refractivity contribution in [1.29, 1.82) is 0 Å². The summed E-state index contributed by atoms with van der Waals surface area (Å²) in [6, 6.07) is 12.4. The van der Waals surface area contributed by atoms with Crippen LogP contribution in [0.5, 0.6) is 11.5 Å². The van der Waals surface area contributed by atoms with Crippen LogP contribution in [-0.4, -0.2) is 27.2 Å². The van der Waals surface area contributed by atoms with Crippen molar-refractivity contribution in [1.82, 2.24) is 9.55 Å². The van der Waals surface area contributed by atoms with E-state index in [1.807, 2.05) is 31.2 Å². The zero-order chi connectivity index (χ0) is 22.8. The van der Waals surface area contributed by atoms with Crippen LogP contribution in [0, 0.1) is 0 Å². The van der Waals surface area contributed by atoms with Crippen LogP contribution in [0.15, 0.2) is 52.4 Å². The molecule has 0 radical (unpaired) electrons. The Morgan fingerprint density at radius 1 is 1.25 bits per heavy atom. The van der Waals surface area contributed by atoms with E-state index in [1.54, 1.807) is 23.7 Å². The van der Waals surface area contributed by atoms with Gasteiger partial charge in [-0.15, -0.1) is 0 Å². The quantitative estimate of drug-likeness (QED) is 0.411. The summed E-state index contributed by atoms with van der Waals surface area (Å²) in [7, 11) is 1.78. The average molecular weight is 472 g/mol. The van der Waals surface area contributed by atoms with Crippen molar-refractivity contribution < 1.29 is 14.6 Å². The number of phenolic OH excluding ortho intramolecular Hbond substituents is 1. The van der Waals surface area contributed by atoms with Gasteiger partial charge in [0.25, 0.3) is 5.56 Å². The predicted octanol–water partition coefficient (Wildman–Crippen LogP) is 4.30. The number of aromatic nitrogens is 2. The number of carbonyl (C=O) groups is 1. The molecule has 0 saturated heterocycles. The minimum Gasteiger partial charge on any atom is -0.504 e. The van der Waals surface area contributed by atoms with Gasteiger partial charge >= 0.3 is 0 Å². The lowest BCUT2D eigenvalue weighted by Crippen LogP contribution is -2.33. The number of hydrogen-bond donors (Lipinski definition) is 2. The minimum atomic E-state index is -0.486. The molecular weight excluding hydrogens is 450 g/mol. The van der Waals surface area contributed by atoms with E-state index in [0.29, 0.717) is 45.2 Å². The number of carbonyl (C=O) groups excluding carboxylic acids is 1. The van der Waals surface area contributed by atoms with Gasteiger partial charge in [-0.3, -0.25) is 9.59 Å². The highest BCUT2D eigenvalue weighted by Crippen LogP contribution is 2.39. The Balaban J connectivity index is 1.70. The molecule has 1 aromatic heterocycles. The maximum Gasteiger partial charge on any atom is 0.279 e. The Hall–Kier alpha value is -2.97. The number of thioether (sulfide) groups is 1. The highest BCUT2D eigenvalue weighted by molar-refractivity contribution is 7.98. The summed E-state index contributed by atoms with van der Waals surface area (Å²) in [5.41, 5.74) is 1.80. The van der Waals surface area contributed by atoms with Crippen molar-refractivity contribution in [3.8, 4) is 11.5 Å². The Labute approximate surface area is 194 Å². The van der Waals surface area contributed by atoms with Gasteiger partial charge in [0.1, 0.15) is 5.82 Å². The summed E-state index contributed by atoms with van der Waals surface area (Å²) in [4.78, 5) is 29.9. The van der Waals surface area contributed by atoms with E-state index >= 15 is 0 Å². The minimum absolute atomic E-state index is 0.0102. The molecule has 9 heteroatoms. The highest BCUT2D eigenvalue weighted by atomic mass is 35.5. The number of nitrogens with one attached hydrogen (secondary N) is 1. The van der Waals surface area contributed by atoms with Crippen molar-refractivity contribution >= 4 is 35.1 Å². The molecule has 32 heavy (non-hydrogen) atoms. The van der Waals surface area contributed by atoms with Crippen molar-refractivity contribution in [2.45, 2.75) is 30.2 Å². The van der Waals surface area contributed by atoms with Gasteiger partial charge in [0, 0.05) is 30.2 Å². The number of fused-ring (bicyclic) bond motifs is 1. The van der Waals surface area contributed by atoms with Gasteiger partial charge in [-0.25, -0.2) is 0 Å². The first-order valence-electron chi connectivity index (χ1n) is 10.1. The zero-order valence-electron chi connectivity index (χ0n) is 17.6. The molecule has 166 valence electrons. The molecule has 2 aromatic carbocycles. The second-order valence-corrected chi connectivity index (χ2v) is 8.78. The summed E-state index contributed by atoms with van der Waals surface area (Å²) in [6.07, 6.45) is 0.109. The normalized spacial score (nSPS) is 15.2. The molecule has 0 bridgehead atoms. The topological polar surface area (TPSA) is 93.5 Å². The fourth-order valence-corrected chi connectivity index (χ4v) is 4.74. The molecule has 2 heterocycles. The molecule has 3 aromatic rings. The maximum atomic E-state index is 13.1. The average Bonchev–Trinajstić information content (AvgIpc) is 2.77. The fraction of sp³-hybridized carbons (Fsp3) is 0.261. The summed E-state index contributed by atoms with van der Waals surface area (Å²) in [5.74, 6) is 0.691. The first-order chi connectivity index (χ1) is 15.4. The lowest BCUT2D eigenvalue weighted by molar-refractivity contribution is -0.116. The van der Waals surface area contributed by atoms with Crippen LogP contribution in [-0.2, 0) is 17.6 Å². The third kappa shape index (κ3) is 4.47. The number of halogens is 1. The largest absolute Gasteiger partial charge is 0.504 e. The summed E-state index contributed by atoms with van der Waals surface area (Å²) in [6.45, 7) is 2.20. The fourth-order valence-electron chi connectivity index (χ4n) is 3.70. The molecule has 7 nitrogen and oxygen atoms in total. The number of ether oxygens (including phenoxy) is 1. The van der Waals surface area contributed by atoms with Gasteiger partial charge in [-0.05, 0) is 42.3 Å². The summed E-state index contributed by atoms with van der Waals surface area (Å²) in [5, 5.41) is 14.0. The van der Waals surface area contributed by atoms with Gasteiger partial charge in [-0.2, -0.15) is 4.98 Å². The van der Waals surface area contributed by atoms with Crippen molar-refractivity contribution in [2.24, 2.45) is 7.05 Å². The first kappa shape index (κ1) is 22.2. The van der Waals surface area contributed by atoms with Crippen molar-refractivity contribution in [3.63, 3.8) is 0 Å². The Morgan fingerprint density at radius 3 is 2.72 bits per heavy atom. The molecule has 4 rings (SSSR count). The zero-order valence-corrected chi connectivity index (χ0v) is 19.2. The van der Waals surface area contributed by atoms with Crippen molar-refractivity contribution in [2.75, 3.05) is 11.9 Å². The molecule has 2 N–H and O–H groups in total. The number of aromatic hydroxyl groups is 1. The molecule has 1 amide bonds. The van der Waals surface area contributed by atoms with E-state index in [-0.39, 0.29) is 23.6 Å². The third-order valence-electron chi connectivity index (χ3n) is 5.27. The van der Waals surface area contributed by atoms with E-state index in [0.717, 1.165) is 5.56 Å². The second-order valence-electron chi connectivity index (χ2n) is 7.40. The van der Waals surface area contributed by atoms with E-state index in [9.17, 15) is 14.7 Å². The van der Waals surface area contributed by atoms with Gasteiger partial charge in [-0.1, -0.05) is 41.6 Å². The number of phenols is 1. The van der Waals surface area contributed by atoms with Gasteiger partial charge in [0.15, 0.2) is 16.7 Å². The van der Waals surface area contributed by atoms with E-state index in [4.69, 9.17) is 16.3 Å². The Bertz CT molecular complexity index is 1230. The molecular formula is C23H22ClN3O4S. The van der Waals surface area contributed by atoms with Crippen LogP contribution >= 0.6 is 23.4 Å². The molecule has 0 unspecified atom stereocenters. The van der Waals surface area contributed by atoms with E-state index in [1.165, 1.54) is 17.8 Å². The van der Waals surface area contributed by atoms with Crippen LogP contribution in [0.1, 0.15) is 36.0 Å². The predicted molar refractivity (Wildman–Crippen MR) is 125 cm³/mol. The number of anilines is 1. The molecule has 1 aliphatic heterocycles. The molecule has 0 aliphatic carbocycles. The monoisotopic (exact) mass is 471 g/mol. The number of nitrogens with zero attached hydrogens (tertiary/aromatic N) is 2. The third-order valence-corrected chi connectivity index (χ3v) is 6.62. The number of benzene rings is 2. The van der Waals surface area contributed by atoms with Crippen LogP contribution < -0.4 is 15.6 Å². The van der Waals surface area contributed by atoms with Crippen LogP contribution in [0.4, 0.5) is 5.82 Å². The SMILES string of the molecule is CCOc1cc([C@H]2CC(=O)Nc3c2c(=O)nc(SCc2ccc(Cl)cc2)n3C)ccc1O. The lowest BCUT2D eigenvalue weighted by atomic mass is 9.86. The summed E-state index contributed by atoms with van der Waals surface area (Å²) < 4.78 is 7.22. The number of hydrogen-bond acceptors (Lipinski definition) is 6. The molecule has 0 spiro atoms. The molecule has 0 saturated carbocycles. The van der Waals surface area contributed by atoms with E-state index < -0.39 is 5.92 Å². The highest BCUT2D eigenvalue weighted by Gasteiger charge is 2.32. The van der Waals surface area contributed by atoms with Crippen LogP contribution in [0.2, 0.25) is 5.02 Å². The first-order valence-corrected chi connectivity index (χ1v) is 11.5. The van der Waals surface area contributed by atoms with Gasteiger partial charge in [0.2, 0.25) is 5.91 Å². The summed E-state index contributed by atoms with van der Waals surface area (Å²) >= 11 is 7.35. The van der Waals surface area contributed by atoms with Gasteiger partial charge in [0.05, 0.1) is 12.2 Å². The molecule has 0 fully saturated rings.